The summed E-state index contributed by atoms with van der Waals surface area (Å²) in [6.45, 7) is 0. The Hall–Kier alpha value is -8.44. The van der Waals surface area contributed by atoms with Gasteiger partial charge in [-0.2, -0.15) is 0 Å². The number of para-hydroxylation sites is 4. The smallest absolute Gasteiger partial charge is 0.216 e. The number of hydrogen-bond donors (Lipinski definition) is 1. The fourth-order valence-electron chi connectivity index (χ4n) is 16.6. The van der Waals surface area contributed by atoms with Crippen molar-refractivity contribution in [2.75, 3.05) is 89.9 Å². The number of hydrogen-bond acceptors (Lipinski definition) is 7. The highest BCUT2D eigenvalue weighted by Gasteiger charge is 2.41. The molecule has 0 radical (unpaired) electrons. The van der Waals surface area contributed by atoms with E-state index < -0.39 is 9.84 Å². The highest BCUT2D eigenvalue weighted by Crippen LogP contribution is 2.47. The standard InChI is InChI=1S/C14H11OS.C14H13S.C13H12NS.C13H11O2S2.C13H11OS.C13H11S2.C13H11S.C6H11OS.C6H13S.C5H11S/c1-16-12-8-4-2-6-10(12)14(15)11-7-3-5-9-13(11)16;1-15-13-8-4-2-6-11(13)10-12-7-3-5-9-14(12)15;1-15-12-8-4-2-6-10(12)14-11-7-3-5-9-13(11)15;1-16-10-6-2-4-8-12(10)17(14,15)13-9-5-3-7-11(13)16;2*1-15-12-8-4-2-6-10(12)14-11-7-3-5-9-13(11)15;1-14-12-8-4-2-6-10(12)11-7-3-5-9-13(11)14;1-8-4-2-6(7)3-5-8;1-7-5-3-2-4-6-7;1-6-4-2-3-5-6/h2-9H,1H3;2-9H,10H2,1H3;2-9,14H,1H3;2-9H,1H3;2*2-9H,1H3;2-9H,1H3;2-5H2,1H3;2-6H2,1H3;2-5H2,1H3/q10*+1. The van der Waals surface area contributed by atoms with Crippen LogP contribution >= 0.6 is 32.7 Å². The first-order valence-electron chi connectivity index (χ1n) is 43.4. The Labute approximate surface area is 792 Å². The number of rotatable bonds is 0. The Bertz CT molecular complexity index is 5980. The topological polar surface area (TPSA) is 89.5 Å². The van der Waals surface area contributed by atoms with Crippen molar-refractivity contribution in [2.24, 2.45) is 12.5 Å². The molecule has 6 nitrogen and oxygen atoms in total. The molecule has 18 heteroatoms. The van der Waals surface area contributed by atoms with Gasteiger partial charge in [0.05, 0.1) is 118 Å². The highest BCUT2D eigenvalue weighted by atomic mass is 32.2. The molecule has 0 atom stereocenters. The van der Waals surface area contributed by atoms with Crippen LogP contribution in [0.3, 0.4) is 0 Å². The monoisotopic (exact) mass is 1910 g/mol. The molecule has 128 heavy (non-hydrogen) atoms. The molecule has 0 saturated carbocycles. The van der Waals surface area contributed by atoms with Crippen LogP contribution in [-0.2, 0) is 121 Å². The molecule has 1 N–H and O–H groups in total. The predicted molar refractivity (Wildman–Crippen MR) is 572 cm³/mol. The van der Waals surface area contributed by atoms with E-state index in [2.05, 4.69) is 298 Å². The number of carbonyl (C=O) groups is 1. The highest BCUT2D eigenvalue weighted by molar-refractivity contribution is 8.04. The van der Waals surface area contributed by atoms with Crippen LogP contribution in [0.25, 0.3) is 40.3 Å². The van der Waals surface area contributed by atoms with Crippen LogP contribution in [0.1, 0.15) is 56.1 Å². The van der Waals surface area contributed by atoms with Gasteiger partial charge in [-0.3, -0.25) is 9.59 Å². The average molecular weight is 1920 g/mol. The van der Waals surface area contributed by atoms with E-state index >= 15 is 0 Å². The summed E-state index contributed by atoms with van der Waals surface area (Å²) in [5, 5.41) is 8.06. The van der Waals surface area contributed by atoms with Crippen LogP contribution < -0.4 is 15.5 Å². The van der Waals surface area contributed by atoms with E-state index in [1.807, 2.05) is 96.7 Å². The van der Waals surface area contributed by atoms with Crippen molar-refractivity contribution in [3.05, 3.63) is 361 Å². The Morgan fingerprint density at radius 1 is 0.281 bits per heavy atom. The van der Waals surface area contributed by atoms with Gasteiger partial charge in [0.15, 0.2) is 69.5 Å². The van der Waals surface area contributed by atoms with Crippen LogP contribution in [0.2, 0.25) is 0 Å². The molecule has 3 fully saturated rings. The summed E-state index contributed by atoms with van der Waals surface area (Å²) in [6.07, 6.45) is 33.0. The molecular weight excluding hydrogens is 1800 g/mol. The summed E-state index contributed by atoms with van der Waals surface area (Å²) in [5.74, 6) is 10.8. The van der Waals surface area contributed by atoms with E-state index in [4.69, 9.17) is 4.74 Å². The molecule has 0 amide bonds. The number of aryl methyl sites for hydroxylation is 2. The lowest BCUT2D eigenvalue weighted by atomic mass is 10.0. The normalized spacial score (nSPS) is 15.6. The van der Waals surface area contributed by atoms with Gasteiger partial charge in [-0.05, 0) is 243 Å². The van der Waals surface area contributed by atoms with Gasteiger partial charge in [0.25, 0.3) is 0 Å². The fraction of sp³-hybridized carbons (Fsp3) is 0.218. The van der Waals surface area contributed by atoms with Gasteiger partial charge >= 0.3 is 0 Å². The zero-order valence-electron chi connectivity index (χ0n) is 74.7. The Morgan fingerprint density at radius 2 is 0.570 bits per heavy atom. The molecule has 3 saturated heterocycles. The zero-order chi connectivity index (χ0) is 89.2. The third-order valence-electron chi connectivity index (χ3n) is 23.6. The second kappa shape index (κ2) is 45.1. The number of fused-ring (bicyclic) bond motifs is 15. The number of benzene rings is 14. The number of Topliss-reactive ketones (excluding diaryl/α,β-unsaturated/α-hetero) is 1. The summed E-state index contributed by atoms with van der Waals surface area (Å²) in [4.78, 5) is 39.9. The second-order valence-electron chi connectivity index (χ2n) is 32.2. The van der Waals surface area contributed by atoms with Gasteiger partial charge in [0.1, 0.15) is 93.9 Å². The van der Waals surface area contributed by atoms with Gasteiger partial charge in [-0.25, -0.2) is 8.42 Å². The first kappa shape index (κ1) is 94.2. The quantitative estimate of drug-likeness (QED) is 0.119. The van der Waals surface area contributed by atoms with Crippen LogP contribution in [-0.4, -0.2) is 98.8 Å². The zero-order valence-corrected chi connectivity index (χ0v) is 84.5. The fourth-order valence-corrected chi connectivity index (χ4v) is 37.7. The Morgan fingerprint density at radius 3 is 0.984 bits per heavy atom. The minimum atomic E-state index is -3.33. The van der Waals surface area contributed by atoms with Gasteiger partial charge in [0, 0.05) is 28.3 Å². The number of carbonyl (C=O) groups excluding carboxylic acids is 1. The van der Waals surface area contributed by atoms with Gasteiger partial charge in [0.2, 0.25) is 25.1 Å². The van der Waals surface area contributed by atoms with Crippen molar-refractivity contribution in [2.45, 2.75) is 120 Å². The molecule has 652 valence electrons. The first-order chi connectivity index (χ1) is 62.3. The number of ketones is 1. The van der Waals surface area contributed by atoms with Crippen molar-refractivity contribution in [3.63, 3.8) is 0 Å². The van der Waals surface area contributed by atoms with Crippen LogP contribution in [0.5, 0.6) is 11.5 Å². The lowest BCUT2D eigenvalue weighted by Crippen LogP contribution is -2.21. The van der Waals surface area contributed by atoms with Gasteiger partial charge in [-0.1, -0.05) is 194 Å². The molecule has 10 heterocycles. The Balaban J connectivity index is 0.000000111. The summed E-state index contributed by atoms with van der Waals surface area (Å²) in [5.41, 5.74) is 5.67. The minimum absolute atomic E-state index is 0.0184. The van der Waals surface area contributed by atoms with Gasteiger partial charge < -0.3 is 10.1 Å². The van der Waals surface area contributed by atoms with Gasteiger partial charge in [-0.15, -0.1) is 0 Å². The maximum Gasteiger partial charge on any atom is 0.216 e. The molecule has 8 aliphatic heterocycles. The Kier molecular flexibility index (Phi) is 33.2. The number of sulfone groups is 1. The lowest BCUT2D eigenvalue weighted by molar-refractivity contribution is -0.118. The molecule has 0 aliphatic carbocycles. The largest absolute Gasteiger partial charge is 0.447 e. The summed E-state index contributed by atoms with van der Waals surface area (Å²) < 4.78 is 36.1. The van der Waals surface area contributed by atoms with Crippen LogP contribution in [0.15, 0.2) is 413 Å². The van der Waals surface area contributed by atoms with Crippen molar-refractivity contribution >= 4 is 187 Å². The van der Waals surface area contributed by atoms with Crippen LogP contribution in [0.4, 0.5) is 11.4 Å². The number of nitrogens with one attached hydrogen (secondary N) is 1. The second-order valence-corrected chi connectivity index (χ2v) is 55.6. The molecule has 0 bridgehead atoms. The third kappa shape index (κ3) is 22.5. The van der Waals surface area contributed by atoms with E-state index in [1.165, 1.54) is 156 Å². The number of ether oxygens (including phenoxy) is 1. The predicted octanol–water partition coefficient (Wildman–Crippen LogP) is 27.4. The van der Waals surface area contributed by atoms with Crippen molar-refractivity contribution in [1.29, 1.82) is 0 Å². The number of anilines is 2. The molecule has 0 unspecified atom stereocenters. The lowest BCUT2D eigenvalue weighted by Gasteiger charge is -2.18. The summed E-state index contributed by atoms with van der Waals surface area (Å²) in [6, 6.07) is 117. The van der Waals surface area contributed by atoms with E-state index in [0.717, 1.165) is 84.6 Å². The van der Waals surface area contributed by atoms with E-state index in [0.29, 0.717) is 26.5 Å². The number of thiophene rings is 1. The molecule has 8 aliphatic rings. The van der Waals surface area contributed by atoms with Crippen molar-refractivity contribution in [1.82, 2.24) is 0 Å². The van der Waals surface area contributed by atoms with Crippen molar-refractivity contribution in [3.8, 4) is 11.5 Å². The van der Waals surface area contributed by atoms with E-state index in [1.54, 1.807) is 24.3 Å². The third-order valence-corrected chi connectivity index (χ3v) is 47.2. The van der Waals surface area contributed by atoms with Crippen molar-refractivity contribution < 1.29 is 17.9 Å². The van der Waals surface area contributed by atoms with E-state index in [-0.39, 0.29) is 80.8 Å². The van der Waals surface area contributed by atoms with E-state index in [9.17, 15) is 18.0 Å². The molecule has 24 rings (SSSR count). The molecule has 14 aromatic carbocycles. The summed E-state index contributed by atoms with van der Waals surface area (Å²) >= 11 is 1.89. The average Bonchev–Trinajstić information content (AvgIpc) is 0.849. The molecule has 16 aromatic rings. The molecular formula is C110H115NO5S12+10. The summed E-state index contributed by atoms with van der Waals surface area (Å²) in [7, 11) is -0.161. The first-order valence-corrected chi connectivity index (χ1v) is 63.0. The molecule has 2 aromatic heterocycles. The molecule has 0 spiro atoms. The minimum Gasteiger partial charge on any atom is -0.447 e. The van der Waals surface area contributed by atoms with Crippen LogP contribution in [0, 0.1) is 0 Å². The maximum atomic E-state index is 12.4. The SMILES string of the molecule is C[S+]1CCC(=O)CC1.C[S+]1CCCC1.C[S+]1CCCCC1.C[S+]1c2ccccc2Cc2ccccc21.C[S+]1c2ccccc2Nc2ccccc21.C[S+]1c2ccccc2Oc2ccccc21.C[S+]1c2ccccc2S(=O)(=O)c2ccccc21.C[S+]1c2ccccc2Sc2ccccc21.C[s+]1c2ccccc2c(=O)c2ccccc21.C[s+]1c2ccccc2c2ccccc21. The maximum absolute atomic E-state index is 12.4.